The van der Waals surface area contributed by atoms with E-state index in [-0.39, 0.29) is 5.91 Å². The van der Waals surface area contributed by atoms with Gasteiger partial charge in [-0.15, -0.1) is 0 Å². The second-order valence-corrected chi connectivity index (χ2v) is 6.25. The second kappa shape index (κ2) is 6.41. The predicted molar refractivity (Wildman–Crippen MR) is 83.5 cm³/mol. The minimum atomic E-state index is -0.0243. The molecule has 2 aromatic rings. The topological polar surface area (TPSA) is 50.2 Å². The van der Waals surface area contributed by atoms with Gasteiger partial charge in [0.25, 0.3) is 5.91 Å². The summed E-state index contributed by atoms with van der Waals surface area (Å²) in [7, 11) is 1.82. The van der Waals surface area contributed by atoms with E-state index in [1.807, 2.05) is 35.4 Å². The average molecular weight is 304 g/mol. The van der Waals surface area contributed by atoms with E-state index in [2.05, 4.69) is 15.8 Å². The predicted octanol–water partition coefficient (Wildman–Crippen LogP) is 2.14. The van der Waals surface area contributed by atoms with Gasteiger partial charge in [-0.2, -0.15) is 16.4 Å². The molecule has 3 heterocycles. The highest BCUT2D eigenvalue weighted by Gasteiger charge is 2.19. The van der Waals surface area contributed by atoms with E-state index in [1.54, 1.807) is 16.2 Å². The third-order valence-corrected chi connectivity index (χ3v) is 4.55. The first kappa shape index (κ1) is 14.3. The van der Waals surface area contributed by atoms with Gasteiger partial charge in [-0.25, -0.2) is 0 Å². The van der Waals surface area contributed by atoms with Crippen molar-refractivity contribution in [3.8, 4) is 0 Å². The lowest BCUT2D eigenvalue weighted by atomic mass is 10.1. The van der Waals surface area contributed by atoms with Crippen LogP contribution in [0.1, 0.15) is 34.9 Å². The van der Waals surface area contributed by atoms with Crippen molar-refractivity contribution in [1.82, 2.24) is 20.0 Å². The van der Waals surface area contributed by atoms with Crippen LogP contribution in [-0.4, -0.2) is 40.7 Å². The number of carbonyl (C=O) groups is 1. The summed E-state index contributed by atoms with van der Waals surface area (Å²) < 4.78 is 1.93. The summed E-state index contributed by atoms with van der Waals surface area (Å²) in [6, 6.07) is 4.23. The molecular weight excluding hydrogens is 284 g/mol. The summed E-state index contributed by atoms with van der Waals surface area (Å²) >= 11 is 1.65. The Balaban J connectivity index is 1.65. The normalized spacial score (nSPS) is 18.6. The van der Waals surface area contributed by atoms with E-state index in [1.165, 1.54) is 0 Å². The van der Waals surface area contributed by atoms with Crippen LogP contribution in [0.4, 0.5) is 0 Å². The van der Waals surface area contributed by atoms with Crippen LogP contribution in [0.5, 0.6) is 0 Å². The Hall–Kier alpha value is -1.66. The number of rotatable bonds is 4. The molecule has 5 nitrogen and oxygen atoms in total. The molecule has 0 radical (unpaired) electrons. The number of hydrogen-bond donors (Lipinski definition) is 1. The molecule has 0 spiro atoms. The van der Waals surface area contributed by atoms with E-state index in [4.69, 9.17) is 0 Å². The van der Waals surface area contributed by atoms with Crippen LogP contribution in [0.25, 0.3) is 0 Å². The van der Waals surface area contributed by atoms with E-state index in [9.17, 15) is 4.79 Å². The van der Waals surface area contributed by atoms with Crippen LogP contribution < -0.4 is 5.32 Å². The molecule has 6 heteroatoms. The fourth-order valence-electron chi connectivity index (χ4n) is 2.64. The van der Waals surface area contributed by atoms with Crippen molar-refractivity contribution in [3.05, 3.63) is 40.3 Å². The number of piperidine rings is 1. The van der Waals surface area contributed by atoms with Crippen LogP contribution in [0, 0.1) is 0 Å². The Morgan fingerprint density at radius 1 is 1.57 bits per heavy atom. The van der Waals surface area contributed by atoms with Crippen LogP contribution in [0.3, 0.4) is 0 Å². The standard InChI is InChI=1S/C15H20N4OS/c1-18(10-12-5-8-21-11-12)15(20)14-4-7-19(17-14)13-3-2-6-16-9-13/h4-5,7-8,11,13,16H,2-3,6,9-10H2,1H3. The first-order chi connectivity index (χ1) is 10.2. The Labute approximate surface area is 128 Å². The Kier molecular flexibility index (Phi) is 4.36. The summed E-state index contributed by atoms with van der Waals surface area (Å²) in [5.74, 6) is -0.0243. The van der Waals surface area contributed by atoms with Crippen LogP contribution in [0.2, 0.25) is 0 Å². The maximum absolute atomic E-state index is 12.4. The number of hydrogen-bond acceptors (Lipinski definition) is 4. The molecule has 1 aliphatic rings. The van der Waals surface area contributed by atoms with E-state index in [0.717, 1.165) is 31.5 Å². The molecule has 1 atom stereocenters. The van der Waals surface area contributed by atoms with Gasteiger partial charge >= 0.3 is 0 Å². The minimum absolute atomic E-state index is 0.0243. The summed E-state index contributed by atoms with van der Waals surface area (Å²) in [6.07, 6.45) is 4.20. The van der Waals surface area contributed by atoms with Crippen LogP contribution in [-0.2, 0) is 6.54 Å². The molecule has 0 aliphatic carbocycles. The van der Waals surface area contributed by atoms with E-state index in [0.29, 0.717) is 18.3 Å². The molecule has 21 heavy (non-hydrogen) atoms. The molecule has 0 aromatic carbocycles. The molecule has 1 fully saturated rings. The molecule has 1 amide bonds. The summed E-state index contributed by atoms with van der Waals surface area (Å²) in [6.45, 7) is 2.63. The molecule has 2 aromatic heterocycles. The zero-order chi connectivity index (χ0) is 14.7. The van der Waals surface area contributed by atoms with Crippen molar-refractivity contribution in [2.24, 2.45) is 0 Å². The van der Waals surface area contributed by atoms with Gasteiger partial charge in [0.15, 0.2) is 0 Å². The number of amides is 1. The molecule has 3 rings (SSSR count). The Morgan fingerprint density at radius 2 is 2.48 bits per heavy atom. The largest absolute Gasteiger partial charge is 0.336 e. The van der Waals surface area contributed by atoms with Gasteiger partial charge in [-0.3, -0.25) is 9.48 Å². The molecule has 1 saturated heterocycles. The minimum Gasteiger partial charge on any atom is -0.336 e. The Bertz CT molecular complexity index is 587. The van der Waals surface area contributed by atoms with Gasteiger partial charge in [0, 0.05) is 26.3 Å². The van der Waals surface area contributed by atoms with E-state index < -0.39 is 0 Å². The van der Waals surface area contributed by atoms with Crippen molar-refractivity contribution in [1.29, 1.82) is 0 Å². The average Bonchev–Trinajstić information content (AvgIpc) is 3.18. The first-order valence-electron chi connectivity index (χ1n) is 7.26. The lowest BCUT2D eigenvalue weighted by Crippen LogP contribution is -2.32. The molecule has 0 saturated carbocycles. The molecule has 1 unspecified atom stereocenters. The van der Waals surface area contributed by atoms with Crippen molar-refractivity contribution in [3.63, 3.8) is 0 Å². The van der Waals surface area contributed by atoms with Crippen LogP contribution in [0.15, 0.2) is 29.1 Å². The zero-order valence-corrected chi connectivity index (χ0v) is 13.0. The fraction of sp³-hybridized carbons (Fsp3) is 0.467. The first-order valence-corrected chi connectivity index (χ1v) is 8.21. The zero-order valence-electron chi connectivity index (χ0n) is 12.2. The van der Waals surface area contributed by atoms with Gasteiger partial charge < -0.3 is 10.2 Å². The molecular formula is C15H20N4OS. The third-order valence-electron chi connectivity index (χ3n) is 3.82. The van der Waals surface area contributed by atoms with Gasteiger partial charge in [0.05, 0.1) is 6.04 Å². The van der Waals surface area contributed by atoms with E-state index >= 15 is 0 Å². The van der Waals surface area contributed by atoms with Crippen molar-refractivity contribution < 1.29 is 4.79 Å². The number of nitrogens with one attached hydrogen (secondary N) is 1. The maximum atomic E-state index is 12.4. The van der Waals surface area contributed by atoms with Gasteiger partial charge in [0.1, 0.15) is 5.69 Å². The second-order valence-electron chi connectivity index (χ2n) is 5.47. The fourth-order valence-corrected chi connectivity index (χ4v) is 3.30. The van der Waals surface area contributed by atoms with Crippen molar-refractivity contribution in [2.45, 2.75) is 25.4 Å². The lowest BCUT2D eigenvalue weighted by molar-refractivity contribution is 0.0778. The number of aromatic nitrogens is 2. The third kappa shape index (κ3) is 3.33. The maximum Gasteiger partial charge on any atom is 0.274 e. The highest BCUT2D eigenvalue weighted by Crippen LogP contribution is 2.16. The van der Waals surface area contributed by atoms with Crippen molar-refractivity contribution in [2.75, 3.05) is 20.1 Å². The molecule has 1 N–H and O–H groups in total. The smallest absolute Gasteiger partial charge is 0.274 e. The number of thiophene rings is 1. The number of nitrogens with zero attached hydrogens (tertiary/aromatic N) is 3. The quantitative estimate of drug-likeness (QED) is 0.941. The summed E-state index contributed by atoms with van der Waals surface area (Å²) in [5.41, 5.74) is 1.69. The monoisotopic (exact) mass is 304 g/mol. The van der Waals surface area contributed by atoms with Crippen molar-refractivity contribution >= 4 is 17.2 Å². The highest BCUT2D eigenvalue weighted by atomic mass is 32.1. The summed E-state index contributed by atoms with van der Waals surface area (Å²) in [5, 5.41) is 11.9. The molecule has 0 bridgehead atoms. The number of carbonyl (C=O) groups excluding carboxylic acids is 1. The Morgan fingerprint density at radius 3 is 3.19 bits per heavy atom. The van der Waals surface area contributed by atoms with Gasteiger partial charge in [-0.1, -0.05) is 0 Å². The highest BCUT2D eigenvalue weighted by molar-refractivity contribution is 7.07. The SMILES string of the molecule is CN(Cc1ccsc1)C(=O)c1ccn(C2CCCNC2)n1. The lowest BCUT2D eigenvalue weighted by Gasteiger charge is -2.23. The van der Waals surface area contributed by atoms with Gasteiger partial charge in [0.2, 0.25) is 0 Å². The summed E-state index contributed by atoms with van der Waals surface area (Å²) in [4.78, 5) is 14.1. The molecule has 112 valence electrons. The van der Waals surface area contributed by atoms with Gasteiger partial charge in [-0.05, 0) is 47.8 Å². The molecule has 1 aliphatic heterocycles. The van der Waals surface area contributed by atoms with Crippen LogP contribution >= 0.6 is 11.3 Å².